The SMILES string of the molecule is CCCc1ccc(-c2csc(N3CCC(S(=O)(=O)c4cc(C(F)(F)F)ccc4Cl)CC3)n2)cc1. The third-order valence-electron chi connectivity index (χ3n) is 6.00. The summed E-state index contributed by atoms with van der Waals surface area (Å²) >= 11 is 7.49. The first-order valence-electron chi connectivity index (χ1n) is 11.0. The Balaban J connectivity index is 1.46. The Morgan fingerprint density at radius 3 is 2.41 bits per heavy atom. The van der Waals surface area contributed by atoms with Crippen LogP contribution in [0.15, 0.2) is 52.7 Å². The number of rotatable bonds is 6. The third kappa shape index (κ3) is 5.26. The normalized spacial score (nSPS) is 15.6. The van der Waals surface area contributed by atoms with Gasteiger partial charge in [-0.3, -0.25) is 0 Å². The minimum atomic E-state index is -4.64. The Kier molecular flexibility index (Phi) is 7.26. The van der Waals surface area contributed by atoms with Crippen LogP contribution in [0, 0.1) is 0 Å². The molecule has 1 fully saturated rings. The number of aromatic nitrogens is 1. The molecule has 2 heterocycles. The van der Waals surface area contributed by atoms with Crippen LogP contribution in [0.1, 0.15) is 37.3 Å². The Morgan fingerprint density at radius 2 is 1.79 bits per heavy atom. The molecule has 0 unspecified atom stereocenters. The number of nitrogens with zero attached hydrogens (tertiary/aromatic N) is 2. The van der Waals surface area contributed by atoms with E-state index in [4.69, 9.17) is 16.6 Å². The second-order valence-electron chi connectivity index (χ2n) is 8.34. The summed E-state index contributed by atoms with van der Waals surface area (Å²) < 4.78 is 65.5. The second kappa shape index (κ2) is 9.87. The summed E-state index contributed by atoms with van der Waals surface area (Å²) in [5.41, 5.74) is 2.16. The molecule has 1 saturated heterocycles. The topological polar surface area (TPSA) is 50.3 Å². The fourth-order valence-corrected chi connectivity index (χ4v) is 7.26. The number of hydrogen-bond acceptors (Lipinski definition) is 5. The van der Waals surface area contributed by atoms with Crippen molar-refractivity contribution in [3.8, 4) is 11.3 Å². The zero-order chi connectivity index (χ0) is 24.5. The molecule has 10 heteroatoms. The van der Waals surface area contributed by atoms with Crippen LogP contribution >= 0.6 is 22.9 Å². The monoisotopic (exact) mass is 528 g/mol. The predicted octanol–water partition coefficient (Wildman–Crippen LogP) is 6.88. The van der Waals surface area contributed by atoms with Crippen molar-refractivity contribution in [3.63, 3.8) is 0 Å². The first-order valence-corrected chi connectivity index (χ1v) is 13.8. The number of piperidine rings is 1. The van der Waals surface area contributed by atoms with E-state index in [0.29, 0.717) is 19.2 Å². The lowest BCUT2D eigenvalue weighted by Crippen LogP contribution is -2.39. The quantitative estimate of drug-likeness (QED) is 0.350. The van der Waals surface area contributed by atoms with Gasteiger partial charge in [-0.15, -0.1) is 11.3 Å². The fourth-order valence-electron chi connectivity index (χ4n) is 4.11. The van der Waals surface area contributed by atoms with Crippen LogP contribution in [0.3, 0.4) is 0 Å². The Morgan fingerprint density at radius 1 is 1.12 bits per heavy atom. The first-order chi connectivity index (χ1) is 16.1. The van der Waals surface area contributed by atoms with Gasteiger partial charge >= 0.3 is 6.18 Å². The van der Waals surface area contributed by atoms with Gasteiger partial charge < -0.3 is 4.90 Å². The molecule has 4 rings (SSSR count). The first kappa shape index (κ1) is 25.0. The molecule has 2 aromatic carbocycles. The molecule has 1 aromatic heterocycles. The van der Waals surface area contributed by atoms with Gasteiger partial charge in [0.1, 0.15) is 0 Å². The van der Waals surface area contributed by atoms with Crippen LogP contribution in [0.2, 0.25) is 5.02 Å². The van der Waals surface area contributed by atoms with Crippen molar-refractivity contribution in [2.45, 2.75) is 48.9 Å². The zero-order valence-corrected chi connectivity index (χ0v) is 20.9. The minimum Gasteiger partial charge on any atom is -0.348 e. The van der Waals surface area contributed by atoms with Crippen LogP contribution in [-0.4, -0.2) is 31.7 Å². The van der Waals surface area contributed by atoms with Crippen molar-refractivity contribution < 1.29 is 21.6 Å². The predicted molar refractivity (Wildman–Crippen MR) is 130 cm³/mol. The summed E-state index contributed by atoms with van der Waals surface area (Å²) in [6, 6.07) is 10.8. The number of hydrogen-bond donors (Lipinski definition) is 0. The highest BCUT2D eigenvalue weighted by atomic mass is 35.5. The molecule has 0 bridgehead atoms. The van der Waals surface area contributed by atoms with Crippen LogP contribution in [0.4, 0.5) is 18.3 Å². The lowest BCUT2D eigenvalue weighted by Gasteiger charge is -2.31. The molecule has 3 aromatic rings. The summed E-state index contributed by atoms with van der Waals surface area (Å²) in [5, 5.41) is 1.80. The Hall–Kier alpha value is -2.10. The van der Waals surface area contributed by atoms with Crippen LogP contribution in [-0.2, 0) is 22.4 Å². The van der Waals surface area contributed by atoms with E-state index < -0.39 is 31.7 Å². The molecule has 182 valence electrons. The summed E-state index contributed by atoms with van der Waals surface area (Å²) in [6.07, 6.45) is -1.94. The molecule has 0 spiro atoms. The van der Waals surface area contributed by atoms with Crippen LogP contribution < -0.4 is 4.90 Å². The summed E-state index contributed by atoms with van der Waals surface area (Å²) in [6.45, 7) is 3.04. The van der Waals surface area contributed by atoms with Crippen molar-refractivity contribution >= 4 is 37.9 Å². The van der Waals surface area contributed by atoms with Crippen LogP contribution in [0.25, 0.3) is 11.3 Å². The number of halogens is 4. The van der Waals surface area contributed by atoms with E-state index in [9.17, 15) is 21.6 Å². The lowest BCUT2D eigenvalue weighted by molar-refractivity contribution is -0.137. The summed E-state index contributed by atoms with van der Waals surface area (Å²) in [5.74, 6) is 0. The molecule has 0 atom stereocenters. The number of alkyl halides is 3. The molecule has 0 radical (unpaired) electrons. The standard InChI is InChI=1S/C24H24ClF3N2O2S2/c1-2-3-16-4-6-17(7-5-16)21-15-33-23(29-21)30-12-10-19(11-13-30)34(31,32)22-14-18(24(26,27)28)8-9-20(22)25/h4-9,14-15,19H,2-3,10-13H2,1H3. The van der Waals surface area contributed by atoms with Crippen molar-refractivity contribution in [1.82, 2.24) is 4.98 Å². The van der Waals surface area contributed by atoms with Crippen molar-refractivity contribution in [3.05, 3.63) is 64.0 Å². The molecule has 34 heavy (non-hydrogen) atoms. The number of aryl methyl sites for hydroxylation is 1. The highest BCUT2D eigenvalue weighted by Gasteiger charge is 2.36. The van der Waals surface area contributed by atoms with Crippen molar-refractivity contribution in [1.29, 1.82) is 0 Å². The fraction of sp³-hybridized carbons (Fsp3) is 0.375. The van der Waals surface area contributed by atoms with Gasteiger partial charge in [0, 0.05) is 24.0 Å². The lowest BCUT2D eigenvalue weighted by atomic mass is 10.1. The number of thiazole rings is 1. The molecule has 1 aliphatic heterocycles. The van der Waals surface area contributed by atoms with E-state index in [2.05, 4.69) is 31.2 Å². The van der Waals surface area contributed by atoms with Gasteiger partial charge in [0.25, 0.3) is 0 Å². The van der Waals surface area contributed by atoms with Crippen LogP contribution in [0.5, 0.6) is 0 Å². The summed E-state index contributed by atoms with van der Waals surface area (Å²) in [4.78, 5) is 6.30. The molecule has 0 saturated carbocycles. The summed E-state index contributed by atoms with van der Waals surface area (Å²) in [7, 11) is -4.00. The van der Waals surface area contributed by atoms with E-state index in [1.54, 1.807) is 0 Å². The van der Waals surface area contributed by atoms with E-state index in [0.717, 1.165) is 41.4 Å². The Labute approximate surface area is 206 Å². The average Bonchev–Trinajstić information content (AvgIpc) is 3.30. The largest absolute Gasteiger partial charge is 0.416 e. The van der Waals surface area contributed by atoms with Gasteiger partial charge in [0.15, 0.2) is 15.0 Å². The Bertz CT molecular complexity index is 1250. The molecule has 0 aliphatic carbocycles. The molecule has 4 nitrogen and oxygen atoms in total. The van der Waals surface area contributed by atoms with Gasteiger partial charge in [-0.1, -0.05) is 49.2 Å². The zero-order valence-electron chi connectivity index (χ0n) is 18.5. The van der Waals surface area contributed by atoms with E-state index in [1.807, 2.05) is 10.3 Å². The van der Waals surface area contributed by atoms with E-state index in [1.165, 1.54) is 16.9 Å². The highest BCUT2D eigenvalue weighted by molar-refractivity contribution is 7.92. The maximum atomic E-state index is 13.1. The molecule has 1 aliphatic rings. The van der Waals surface area contributed by atoms with E-state index in [-0.39, 0.29) is 17.9 Å². The molecule has 0 N–H and O–H groups in total. The molecular formula is C24H24ClF3N2O2S2. The van der Waals surface area contributed by atoms with Crippen molar-refractivity contribution in [2.24, 2.45) is 0 Å². The van der Waals surface area contributed by atoms with Crippen molar-refractivity contribution in [2.75, 3.05) is 18.0 Å². The highest BCUT2D eigenvalue weighted by Crippen LogP contribution is 2.37. The van der Waals surface area contributed by atoms with Gasteiger partial charge in [0.05, 0.1) is 26.4 Å². The average molecular weight is 529 g/mol. The number of sulfone groups is 1. The minimum absolute atomic E-state index is 0.190. The third-order valence-corrected chi connectivity index (χ3v) is 9.64. The van der Waals surface area contributed by atoms with Gasteiger partial charge in [0.2, 0.25) is 0 Å². The van der Waals surface area contributed by atoms with Gasteiger partial charge in [-0.25, -0.2) is 13.4 Å². The second-order valence-corrected chi connectivity index (χ2v) is 11.8. The van der Waals surface area contributed by atoms with Gasteiger partial charge in [-0.05, 0) is 43.0 Å². The maximum Gasteiger partial charge on any atom is 0.416 e. The van der Waals surface area contributed by atoms with Gasteiger partial charge in [-0.2, -0.15) is 13.2 Å². The van der Waals surface area contributed by atoms with E-state index >= 15 is 0 Å². The molecular weight excluding hydrogens is 505 g/mol. The molecule has 0 amide bonds. The number of anilines is 1. The number of benzene rings is 2. The maximum absolute atomic E-state index is 13.1. The smallest absolute Gasteiger partial charge is 0.348 e.